The Labute approximate surface area is 703 Å². The number of ether oxygens (including phenoxy) is 5. The van der Waals surface area contributed by atoms with Gasteiger partial charge in [0.15, 0.2) is 0 Å². The minimum absolute atomic E-state index is 0.00644. The summed E-state index contributed by atoms with van der Waals surface area (Å²) < 4.78 is 27.0. The van der Waals surface area contributed by atoms with Gasteiger partial charge in [-0.3, -0.25) is 40.5 Å². The van der Waals surface area contributed by atoms with Crippen LogP contribution in [0.25, 0.3) is 0 Å². The first kappa shape index (κ1) is 106. The second-order valence-corrected chi connectivity index (χ2v) is 24.7. The maximum absolute atomic E-state index is 11.7. The normalized spacial score (nSPS) is 9.12. The molecule has 0 aliphatic rings. The molecule has 0 saturated heterocycles. The summed E-state index contributed by atoms with van der Waals surface area (Å²) in [7, 11) is 0. The van der Waals surface area contributed by atoms with Crippen LogP contribution in [0, 0.1) is 146 Å². The van der Waals surface area contributed by atoms with Gasteiger partial charge in [0, 0.05) is 127 Å². The number of carbonyl (C=O) groups excluding carboxylic acids is 5. The van der Waals surface area contributed by atoms with Crippen LogP contribution in [0.1, 0.15) is 265 Å². The van der Waals surface area contributed by atoms with Gasteiger partial charge in [-0.05, 0) is 180 Å². The third-order valence-corrected chi connectivity index (χ3v) is 15.6. The molecule has 5 rings (SSSR count). The zero-order chi connectivity index (χ0) is 87.1. The van der Waals surface area contributed by atoms with Crippen LogP contribution in [0.3, 0.4) is 0 Å². The van der Waals surface area contributed by atoms with Crippen LogP contribution in [0.4, 0.5) is 28.4 Å². The van der Waals surface area contributed by atoms with Gasteiger partial charge in [-0.15, -0.1) is 24.7 Å². The van der Waals surface area contributed by atoms with E-state index in [0.29, 0.717) is 79.5 Å². The number of rotatable bonds is 32. The zero-order valence-corrected chi connectivity index (χ0v) is 71.0. The SMILES string of the molecule is C#CCCCC.C#CCCc1ccc(C(=O)OCC)cc1[N+](=O)[O-].CCCCC#CC#CCCc1ccc(C(=O)OCC)cc1N.CCCCC#CC#CCCc1ccc(C(=O)OCC)cc1[N+](=O)[O-].CCCCC#CC#CCCc1ccc(C(=O)OCC)cc1[N+](=O)[O-].CCCCC#CI.CCOC(=O)c1ccc(Cl)c([N+](=O)[O-])c1. The average molecular weight is 1720 g/mol. The molecule has 0 unspecified atom stereocenters. The quantitative estimate of drug-likeness (QED) is 0.00611. The number of esters is 5. The maximum Gasteiger partial charge on any atom is 0.338 e. The van der Waals surface area contributed by atoms with Crippen molar-refractivity contribution in [1.29, 1.82) is 0 Å². The second kappa shape index (κ2) is 69.6. The number of anilines is 1. The molecule has 0 bridgehead atoms. The Morgan fingerprint density at radius 2 is 0.595 bits per heavy atom. The summed E-state index contributed by atoms with van der Waals surface area (Å²) in [6.07, 6.45) is 30.3. The predicted octanol–water partition coefficient (Wildman–Crippen LogP) is 20.5. The number of unbranched alkanes of at least 4 members (excludes halogenated alkanes) is 10. The fourth-order valence-corrected chi connectivity index (χ4v) is 9.30. The van der Waals surface area contributed by atoms with Gasteiger partial charge in [-0.1, -0.05) is 144 Å². The van der Waals surface area contributed by atoms with Gasteiger partial charge >= 0.3 is 29.8 Å². The summed E-state index contributed by atoms with van der Waals surface area (Å²) in [6, 6.07) is 22.1. The number of nitro benzene ring substituents is 4. The number of benzene rings is 5. The van der Waals surface area contributed by atoms with Crippen molar-refractivity contribution in [3.05, 3.63) is 187 Å². The molecule has 0 atom stereocenters. The van der Waals surface area contributed by atoms with Crippen molar-refractivity contribution in [1.82, 2.24) is 0 Å². The van der Waals surface area contributed by atoms with Crippen molar-refractivity contribution < 1.29 is 67.4 Å². The Morgan fingerprint density at radius 1 is 0.353 bits per heavy atom. The summed E-state index contributed by atoms with van der Waals surface area (Å²) >= 11 is 7.65. The molecule has 0 spiro atoms. The number of carbonyl (C=O) groups is 5. The molecular weight excluding hydrogens is 1610 g/mol. The first-order chi connectivity index (χ1) is 55.9. The third kappa shape index (κ3) is 49.4. The zero-order valence-electron chi connectivity index (χ0n) is 68.1. The Hall–Kier alpha value is -12.1. The predicted molar refractivity (Wildman–Crippen MR) is 465 cm³/mol. The third-order valence-electron chi connectivity index (χ3n) is 14.9. The molecule has 25 heteroatoms. The number of nitrogens with zero attached hydrogens (tertiary/aromatic N) is 4. The highest BCUT2D eigenvalue weighted by Gasteiger charge is 2.22. The number of nitro groups is 4. The molecule has 0 radical (unpaired) electrons. The van der Waals surface area contributed by atoms with Crippen LogP contribution < -0.4 is 5.73 Å². The Kier molecular flexibility index (Phi) is 63.6. The molecule has 5 aromatic rings. The van der Waals surface area contributed by atoms with E-state index in [9.17, 15) is 64.4 Å². The number of aryl methyl sites for hydroxylation is 4. The largest absolute Gasteiger partial charge is 0.462 e. The van der Waals surface area contributed by atoms with E-state index >= 15 is 0 Å². The van der Waals surface area contributed by atoms with E-state index in [1.165, 1.54) is 74.2 Å². The van der Waals surface area contributed by atoms with Crippen LogP contribution in [0.15, 0.2) is 91.0 Å². The highest BCUT2D eigenvalue weighted by Crippen LogP contribution is 2.28. The van der Waals surface area contributed by atoms with E-state index in [2.05, 4.69) is 150 Å². The lowest BCUT2D eigenvalue weighted by atomic mass is 10.0. The van der Waals surface area contributed by atoms with Crippen molar-refractivity contribution in [2.24, 2.45) is 0 Å². The molecule has 0 fully saturated rings. The summed E-state index contributed by atoms with van der Waals surface area (Å²) in [5.41, 5.74) is 9.72. The topological polar surface area (TPSA) is 330 Å². The summed E-state index contributed by atoms with van der Waals surface area (Å²) in [4.78, 5) is 99.3. The molecular formula is C91H105ClIN5O18. The lowest BCUT2D eigenvalue weighted by molar-refractivity contribution is -0.385. The van der Waals surface area contributed by atoms with Crippen LogP contribution in [0.2, 0.25) is 5.02 Å². The van der Waals surface area contributed by atoms with Crippen molar-refractivity contribution in [2.45, 2.75) is 217 Å². The van der Waals surface area contributed by atoms with Crippen LogP contribution in [0.5, 0.6) is 0 Å². The number of terminal acetylenes is 2. The lowest BCUT2D eigenvalue weighted by Gasteiger charge is -2.06. The van der Waals surface area contributed by atoms with E-state index in [0.717, 1.165) is 88.7 Å². The monoisotopic (exact) mass is 1720 g/mol. The van der Waals surface area contributed by atoms with Crippen molar-refractivity contribution in [2.75, 3.05) is 38.8 Å². The highest BCUT2D eigenvalue weighted by atomic mass is 127. The van der Waals surface area contributed by atoms with Crippen molar-refractivity contribution in [3.8, 4) is 106 Å². The van der Waals surface area contributed by atoms with Crippen LogP contribution in [-0.4, -0.2) is 82.6 Å². The number of halogens is 2. The number of hydrogen-bond donors (Lipinski definition) is 1. The molecule has 2 N–H and O–H groups in total. The molecule has 0 amide bonds. The molecule has 5 aromatic carbocycles. The molecule has 0 heterocycles. The van der Waals surface area contributed by atoms with Crippen molar-refractivity contribution >= 4 is 92.5 Å². The molecule has 23 nitrogen and oxygen atoms in total. The smallest absolute Gasteiger partial charge is 0.338 e. The van der Waals surface area contributed by atoms with E-state index in [1.807, 2.05) is 6.07 Å². The van der Waals surface area contributed by atoms with Crippen molar-refractivity contribution in [3.63, 3.8) is 0 Å². The summed E-state index contributed by atoms with van der Waals surface area (Å²) in [5, 5.41) is 43.8. The summed E-state index contributed by atoms with van der Waals surface area (Å²) in [5.74, 6) is 39.9. The summed E-state index contributed by atoms with van der Waals surface area (Å²) in [6.45, 7) is 20.4. The van der Waals surface area contributed by atoms with Gasteiger partial charge in [0.25, 0.3) is 22.7 Å². The molecule has 0 aromatic heterocycles. The number of nitrogen functional groups attached to an aromatic ring is 1. The highest BCUT2D eigenvalue weighted by molar-refractivity contribution is 14.1. The Balaban J connectivity index is 0. The number of nitrogens with two attached hydrogens (primary N) is 1. The van der Waals surface area contributed by atoms with Gasteiger partial charge < -0.3 is 29.4 Å². The fraction of sp³-hybridized carbons (Fsp3) is 0.418. The van der Waals surface area contributed by atoms with E-state index in [1.54, 1.807) is 65.0 Å². The Bertz CT molecular complexity index is 4410. The molecule has 616 valence electrons. The molecule has 0 aliphatic carbocycles. The minimum Gasteiger partial charge on any atom is -0.462 e. The maximum atomic E-state index is 11.7. The molecule has 116 heavy (non-hydrogen) atoms. The van der Waals surface area contributed by atoms with Crippen LogP contribution >= 0.6 is 34.2 Å². The van der Waals surface area contributed by atoms with E-state index in [-0.39, 0.29) is 82.4 Å². The van der Waals surface area contributed by atoms with E-state index < -0.39 is 43.6 Å². The molecule has 0 saturated carbocycles. The van der Waals surface area contributed by atoms with E-state index in [4.69, 9.17) is 53.9 Å². The second-order valence-electron chi connectivity index (χ2n) is 23.7. The molecule has 0 aliphatic heterocycles. The Morgan fingerprint density at radius 3 is 0.853 bits per heavy atom. The van der Waals surface area contributed by atoms with Gasteiger partial charge in [-0.25, -0.2) is 24.0 Å². The fourth-order valence-electron chi connectivity index (χ4n) is 8.84. The van der Waals surface area contributed by atoms with Crippen LogP contribution in [-0.2, 0) is 49.4 Å². The first-order valence-corrected chi connectivity index (χ1v) is 39.6. The first-order valence-electron chi connectivity index (χ1n) is 38.2. The standard InChI is InChI=1S/2C19H21NO4.C19H23NO2.C13H13NO4.C9H8ClNO4.C6H9I.C6H10/c2*1-3-5-6-7-8-9-10-11-12-16-13-14-17(19(21)24-4-2)15-18(16)20(22)23;1-3-5-6-7-8-9-10-11-12-16-13-14-17(15-18(16)20)19(21)22-4-2;1-3-5-6-10-7-8-11(13(15)18-4-2)9-12(10)14(16)17;1-2-15-9(12)6-3-4-7(10)8(5-6)11(13)14;1-2-3-4-5-6-7;1-3-5-6-4-2/h2*13-15H,3-6,11-12H2,1-2H3;13-15H,3-6,11-12,20H2,1-2H3;1,7-9H,4-6H2,2H3;3-5H,2H2,1H3;2-4H2,1H3;1H,4-6H2,2H3. The minimum atomic E-state index is -0.648. The van der Waals surface area contributed by atoms with Gasteiger partial charge in [-0.2, -0.15) is 0 Å². The number of hydrogen-bond acceptors (Lipinski definition) is 19. The van der Waals surface area contributed by atoms with Gasteiger partial charge in [0.05, 0.1) is 80.5 Å². The lowest BCUT2D eigenvalue weighted by Crippen LogP contribution is -2.06. The van der Waals surface area contributed by atoms with Gasteiger partial charge in [0.1, 0.15) is 5.02 Å². The average Bonchev–Trinajstić information content (AvgIpc) is 0.836. The van der Waals surface area contributed by atoms with Gasteiger partial charge in [0.2, 0.25) is 0 Å².